The molecule has 0 amide bonds. The molecule has 1 rings (SSSR count). The van der Waals surface area contributed by atoms with Crippen molar-refractivity contribution in [2.45, 2.75) is 20.0 Å². The smallest absolute Gasteiger partial charge is 0.0642 e. The van der Waals surface area contributed by atoms with Crippen LogP contribution in [0.5, 0.6) is 0 Å². The van der Waals surface area contributed by atoms with E-state index in [1.807, 2.05) is 27.9 Å². The van der Waals surface area contributed by atoms with Gasteiger partial charge < -0.3 is 15.0 Å². The van der Waals surface area contributed by atoms with Gasteiger partial charge in [0.25, 0.3) is 0 Å². The van der Waals surface area contributed by atoms with Crippen LogP contribution in [-0.2, 0) is 4.74 Å². The van der Waals surface area contributed by atoms with Crippen molar-refractivity contribution in [1.82, 2.24) is 0 Å². The molecule has 0 heterocycles. The molecule has 0 spiro atoms. The molecule has 1 N–H and O–H groups in total. The van der Waals surface area contributed by atoms with Crippen LogP contribution in [0.25, 0.3) is 0 Å². The highest BCUT2D eigenvalue weighted by molar-refractivity contribution is 5.57. The van der Waals surface area contributed by atoms with Crippen LogP contribution in [-0.4, -0.2) is 33.4 Å². The Morgan fingerprint density at radius 1 is 1.31 bits per heavy atom. The maximum atomic E-state index is 5.47. The van der Waals surface area contributed by atoms with E-state index in [2.05, 4.69) is 34.5 Å². The zero-order valence-electron chi connectivity index (χ0n) is 10.7. The number of nitrogens with zero attached hydrogens (tertiary/aromatic N) is 1. The van der Waals surface area contributed by atoms with Crippen molar-refractivity contribution in [3.63, 3.8) is 0 Å². The van der Waals surface area contributed by atoms with Gasteiger partial charge in [0, 0.05) is 32.0 Å². The number of hydrogen-bond donors (Lipinski definition) is 1. The zero-order valence-corrected chi connectivity index (χ0v) is 10.7. The summed E-state index contributed by atoms with van der Waals surface area (Å²) in [6, 6.07) is 8.36. The lowest BCUT2D eigenvalue weighted by Gasteiger charge is -2.14. The summed E-state index contributed by atoms with van der Waals surface area (Å²) in [4.78, 5) is 2.09. The molecule has 0 aliphatic carbocycles. The number of anilines is 2. The predicted octanol–water partition coefficient (Wildman–Crippen LogP) is 2.59. The second-order valence-corrected chi connectivity index (χ2v) is 4.29. The fraction of sp³-hybridized carbons (Fsp3) is 0.538. The van der Waals surface area contributed by atoms with Crippen molar-refractivity contribution < 1.29 is 4.74 Å². The van der Waals surface area contributed by atoms with Crippen LogP contribution >= 0.6 is 0 Å². The maximum Gasteiger partial charge on any atom is 0.0642 e. The van der Waals surface area contributed by atoms with Gasteiger partial charge in [0.2, 0.25) is 0 Å². The lowest BCUT2D eigenvalue weighted by Crippen LogP contribution is -2.14. The lowest BCUT2D eigenvalue weighted by atomic mass is 10.2. The maximum absolute atomic E-state index is 5.47. The highest BCUT2D eigenvalue weighted by atomic mass is 16.5. The molecular weight excluding hydrogens is 200 g/mol. The standard InChI is InChI=1S/C13H22N2O/c1-11(2)16-9-8-14-12-6-5-7-13(10-12)15(3)4/h5-7,10-11,14H,8-9H2,1-4H3. The molecule has 1 aromatic carbocycles. The first-order valence-corrected chi connectivity index (χ1v) is 5.72. The normalized spacial score (nSPS) is 10.6. The molecule has 0 aliphatic rings. The van der Waals surface area contributed by atoms with E-state index >= 15 is 0 Å². The zero-order chi connectivity index (χ0) is 12.0. The first kappa shape index (κ1) is 12.8. The van der Waals surface area contributed by atoms with Crippen LogP contribution in [0.1, 0.15) is 13.8 Å². The van der Waals surface area contributed by atoms with Crippen molar-refractivity contribution in [3.05, 3.63) is 24.3 Å². The number of hydrogen-bond acceptors (Lipinski definition) is 3. The molecule has 3 nitrogen and oxygen atoms in total. The molecule has 0 unspecified atom stereocenters. The van der Waals surface area contributed by atoms with Gasteiger partial charge in [-0.25, -0.2) is 0 Å². The summed E-state index contributed by atoms with van der Waals surface area (Å²) in [6.45, 7) is 5.68. The summed E-state index contributed by atoms with van der Waals surface area (Å²) in [5, 5.41) is 3.34. The van der Waals surface area contributed by atoms with E-state index in [0.717, 1.165) is 18.8 Å². The molecule has 90 valence electrons. The molecule has 0 saturated carbocycles. The number of nitrogens with one attached hydrogen (secondary N) is 1. The van der Waals surface area contributed by atoms with Crippen LogP contribution in [0.2, 0.25) is 0 Å². The topological polar surface area (TPSA) is 24.5 Å². The second kappa shape index (κ2) is 6.38. The third-order valence-corrected chi connectivity index (χ3v) is 2.24. The molecule has 0 aromatic heterocycles. The molecule has 3 heteroatoms. The summed E-state index contributed by atoms with van der Waals surface area (Å²) < 4.78 is 5.47. The van der Waals surface area contributed by atoms with Crippen molar-refractivity contribution in [2.24, 2.45) is 0 Å². The van der Waals surface area contributed by atoms with Gasteiger partial charge in [-0.05, 0) is 32.0 Å². The van der Waals surface area contributed by atoms with Gasteiger partial charge in [-0.2, -0.15) is 0 Å². The highest BCUT2D eigenvalue weighted by Gasteiger charge is 1.97. The van der Waals surface area contributed by atoms with Gasteiger partial charge >= 0.3 is 0 Å². The molecule has 0 radical (unpaired) electrons. The van der Waals surface area contributed by atoms with E-state index in [0.29, 0.717) is 6.10 Å². The summed E-state index contributed by atoms with van der Waals surface area (Å²) in [7, 11) is 4.09. The Labute approximate surface area is 98.4 Å². The predicted molar refractivity (Wildman–Crippen MR) is 70.3 cm³/mol. The van der Waals surface area contributed by atoms with E-state index in [9.17, 15) is 0 Å². The Morgan fingerprint density at radius 2 is 2.06 bits per heavy atom. The monoisotopic (exact) mass is 222 g/mol. The molecule has 0 saturated heterocycles. The minimum atomic E-state index is 0.301. The van der Waals surface area contributed by atoms with Crippen molar-refractivity contribution in [2.75, 3.05) is 37.5 Å². The molecule has 0 atom stereocenters. The third kappa shape index (κ3) is 4.53. The Hall–Kier alpha value is -1.22. The third-order valence-electron chi connectivity index (χ3n) is 2.24. The fourth-order valence-electron chi connectivity index (χ4n) is 1.38. The first-order chi connectivity index (χ1) is 7.59. The van der Waals surface area contributed by atoms with Gasteiger partial charge in [0.1, 0.15) is 0 Å². The molecule has 1 aromatic rings. The Balaban J connectivity index is 2.39. The molecule has 0 bridgehead atoms. The minimum Gasteiger partial charge on any atom is -0.383 e. The SMILES string of the molecule is CC(C)OCCNc1cccc(N(C)C)c1. The average molecular weight is 222 g/mol. The lowest BCUT2D eigenvalue weighted by molar-refractivity contribution is 0.0870. The first-order valence-electron chi connectivity index (χ1n) is 5.72. The average Bonchev–Trinajstić information content (AvgIpc) is 2.24. The Kier molecular flexibility index (Phi) is 5.12. The summed E-state index contributed by atoms with van der Waals surface area (Å²) in [6.07, 6.45) is 0.301. The van der Waals surface area contributed by atoms with Gasteiger partial charge in [0.05, 0.1) is 12.7 Å². The summed E-state index contributed by atoms with van der Waals surface area (Å²) in [5.41, 5.74) is 2.34. The molecule has 0 aliphatic heterocycles. The van der Waals surface area contributed by atoms with E-state index in [4.69, 9.17) is 4.74 Å². The Morgan fingerprint density at radius 3 is 2.69 bits per heavy atom. The van der Waals surface area contributed by atoms with E-state index in [1.54, 1.807) is 0 Å². The molecular formula is C13H22N2O. The molecule has 16 heavy (non-hydrogen) atoms. The van der Waals surface area contributed by atoms with Gasteiger partial charge in [-0.1, -0.05) is 6.07 Å². The minimum absolute atomic E-state index is 0.301. The van der Waals surface area contributed by atoms with Crippen molar-refractivity contribution >= 4 is 11.4 Å². The van der Waals surface area contributed by atoms with Crippen LogP contribution < -0.4 is 10.2 Å². The highest BCUT2D eigenvalue weighted by Crippen LogP contribution is 2.16. The van der Waals surface area contributed by atoms with Crippen molar-refractivity contribution in [1.29, 1.82) is 0 Å². The number of benzene rings is 1. The van der Waals surface area contributed by atoms with Gasteiger partial charge in [-0.15, -0.1) is 0 Å². The quantitative estimate of drug-likeness (QED) is 0.749. The Bertz CT molecular complexity index is 311. The summed E-state index contributed by atoms with van der Waals surface area (Å²) in [5.74, 6) is 0. The fourth-order valence-corrected chi connectivity index (χ4v) is 1.38. The van der Waals surface area contributed by atoms with Crippen LogP contribution in [0.4, 0.5) is 11.4 Å². The van der Waals surface area contributed by atoms with Crippen LogP contribution in [0.15, 0.2) is 24.3 Å². The summed E-state index contributed by atoms with van der Waals surface area (Å²) >= 11 is 0. The van der Waals surface area contributed by atoms with Crippen LogP contribution in [0.3, 0.4) is 0 Å². The van der Waals surface area contributed by atoms with Crippen LogP contribution in [0, 0.1) is 0 Å². The largest absolute Gasteiger partial charge is 0.383 e. The second-order valence-electron chi connectivity index (χ2n) is 4.29. The van der Waals surface area contributed by atoms with E-state index in [-0.39, 0.29) is 0 Å². The van der Waals surface area contributed by atoms with Gasteiger partial charge in [0.15, 0.2) is 0 Å². The van der Waals surface area contributed by atoms with Crippen molar-refractivity contribution in [3.8, 4) is 0 Å². The van der Waals surface area contributed by atoms with E-state index < -0.39 is 0 Å². The molecule has 0 fully saturated rings. The van der Waals surface area contributed by atoms with E-state index in [1.165, 1.54) is 5.69 Å². The number of rotatable bonds is 6. The number of ether oxygens (including phenoxy) is 1. The van der Waals surface area contributed by atoms with Gasteiger partial charge in [-0.3, -0.25) is 0 Å².